The van der Waals surface area contributed by atoms with Crippen molar-refractivity contribution in [1.82, 2.24) is 9.38 Å². The summed E-state index contributed by atoms with van der Waals surface area (Å²) >= 11 is 0.946. The average molecular weight is 450 g/mol. The number of nitrogens with zero attached hydrogens (tertiary/aromatic N) is 3. The first-order valence-electron chi connectivity index (χ1n) is 9.32. The van der Waals surface area contributed by atoms with Gasteiger partial charge in [-0.2, -0.15) is 0 Å². The molecule has 0 saturated carbocycles. The van der Waals surface area contributed by atoms with Crippen LogP contribution in [0.15, 0.2) is 11.7 Å². The van der Waals surface area contributed by atoms with Crippen LogP contribution in [0.25, 0.3) is 4.83 Å². The molecule has 0 spiro atoms. The first-order chi connectivity index (χ1) is 11.7. The second-order valence-electron chi connectivity index (χ2n) is 6.72. The van der Waals surface area contributed by atoms with Gasteiger partial charge in [0, 0.05) is 0 Å². The number of unbranched alkanes of at least 4 members (excludes halogenated alkanes) is 3. The summed E-state index contributed by atoms with van der Waals surface area (Å²) in [6, 6.07) is 2.23. The van der Waals surface area contributed by atoms with Crippen molar-refractivity contribution in [3.05, 3.63) is 17.4 Å². The van der Waals surface area contributed by atoms with Crippen LogP contribution in [0.4, 0.5) is 0 Å². The zero-order chi connectivity index (χ0) is 17.4. The van der Waals surface area contributed by atoms with E-state index < -0.39 is 21.1 Å². The fourth-order valence-corrected chi connectivity index (χ4v) is 10.4. The predicted molar refractivity (Wildman–Crippen MR) is 104 cm³/mol. The number of rotatable bonds is 11. The summed E-state index contributed by atoms with van der Waals surface area (Å²) in [5.74, 6) is 0. The van der Waals surface area contributed by atoms with Crippen LogP contribution in [0, 0.1) is 11.3 Å². The van der Waals surface area contributed by atoms with Crippen LogP contribution in [0.5, 0.6) is 0 Å². The fraction of sp³-hybridized carbons (Fsp3) is 0.684. The predicted octanol–water partition coefficient (Wildman–Crippen LogP) is 5.33. The number of thiazole rings is 1. The average Bonchev–Trinajstić information content (AvgIpc) is 3.18. The monoisotopic (exact) mass is 451 g/mol. The van der Waals surface area contributed by atoms with E-state index in [1.54, 1.807) is 11.3 Å². The summed E-state index contributed by atoms with van der Waals surface area (Å²) in [6.07, 6.45) is 14.0. The van der Waals surface area contributed by atoms with E-state index in [9.17, 15) is 5.26 Å². The molecule has 24 heavy (non-hydrogen) atoms. The molecule has 0 atom stereocenters. The van der Waals surface area contributed by atoms with E-state index in [2.05, 4.69) is 41.6 Å². The maximum atomic E-state index is 9.21. The molecule has 2 rings (SSSR count). The summed E-state index contributed by atoms with van der Waals surface area (Å²) in [4.78, 5) is 5.34. The molecule has 0 aliphatic heterocycles. The first kappa shape index (κ1) is 19.8. The second kappa shape index (κ2) is 9.82. The summed E-state index contributed by atoms with van der Waals surface area (Å²) in [6.45, 7) is 6.94. The second-order valence-corrected chi connectivity index (χ2v) is 12.8. The number of aromatic nitrogens is 2. The third-order valence-corrected chi connectivity index (χ3v) is 11.8. The van der Waals surface area contributed by atoms with E-state index >= 15 is 0 Å². The molecule has 0 fully saturated rings. The van der Waals surface area contributed by atoms with E-state index in [-0.39, 0.29) is 0 Å². The van der Waals surface area contributed by atoms with Crippen molar-refractivity contribution in [2.45, 2.75) is 82.0 Å². The van der Waals surface area contributed by atoms with Crippen LogP contribution in [0.1, 0.15) is 84.3 Å². The Hall–Kier alpha value is -0.541. The molecular formula is C19H29N3SSn. The normalized spacial score (nSPS) is 11.9. The quantitative estimate of drug-likeness (QED) is 0.435. The Bertz CT molecular complexity index is 646. The van der Waals surface area contributed by atoms with Gasteiger partial charge in [0.1, 0.15) is 0 Å². The molecule has 0 unspecified atom stereocenters. The van der Waals surface area contributed by atoms with Crippen molar-refractivity contribution >= 4 is 41.0 Å². The molecule has 130 valence electrons. The van der Waals surface area contributed by atoms with Gasteiger partial charge in [-0.3, -0.25) is 0 Å². The Morgan fingerprint density at radius 1 is 1.12 bits per heavy atom. The van der Waals surface area contributed by atoms with E-state index in [0.717, 1.165) is 4.83 Å². The number of fused-ring (bicyclic) bond motifs is 1. The molecule has 3 nitrogen and oxygen atoms in total. The van der Waals surface area contributed by atoms with Gasteiger partial charge >= 0.3 is 161 Å². The zero-order valence-corrected chi connectivity index (χ0v) is 18.9. The third kappa shape index (κ3) is 4.76. The molecule has 0 aliphatic carbocycles. The van der Waals surface area contributed by atoms with Crippen LogP contribution in [-0.2, 0) is 0 Å². The van der Waals surface area contributed by atoms with Crippen LogP contribution >= 0.6 is 11.3 Å². The van der Waals surface area contributed by atoms with Gasteiger partial charge in [0.2, 0.25) is 0 Å². The third-order valence-electron chi connectivity index (χ3n) is 4.79. The molecule has 0 N–H and O–H groups in total. The SMILES string of the molecule is CCCC[C](CCCC)(CCCC)[Sn][c]1csc2c(C#N)ncn12. The molecule has 0 bridgehead atoms. The van der Waals surface area contributed by atoms with E-state index in [1.807, 2.05) is 6.33 Å². The maximum absolute atomic E-state index is 9.21. The number of nitriles is 1. The molecule has 0 saturated heterocycles. The van der Waals surface area contributed by atoms with Gasteiger partial charge in [-0.1, -0.05) is 0 Å². The summed E-state index contributed by atoms with van der Waals surface area (Å²) in [5, 5.41) is 11.5. The van der Waals surface area contributed by atoms with Crippen molar-refractivity contribution in [3.8, 4) is 6.07 Å². The Morgan fingerprint density at radius 2 is 1.71 bits per heavy atom. The van der Waals surface area contributed by atoms with E-state index in [4.69, 9.17) is 0 Å². The standard InChI is InChI=1S/C13H27.C6H2N3S.Sn/c1-4-7-10-13(11-8-5-2)12-9-6-3;7-3-5-6-9(4-8-5)1-2-10-6;/h4-12H2,1-3H3;2,4H;. The Balaban J connectivity index is 2.29. The van der Waals surface area contributed by atoms with Crippen LogP contribution in [0.3, 0.4) is 0 Å². The summed E-state index contributed by atoms with van der Waals surface area (Å²) < 4.78 is 4.32. The van der Waals surface area contributed by atoms with Gasteiger partial charge in [0.15, 0.2) is 0 Å². The van der Waals surface area contributed by atoms with Crippen molar-refractivity contribution in [2.24, 2.45) is 0 Å². The minimum atomic E-state index is -0.759. The van der Waals surface area contributed by atoms with Crippen LogP contribution < -0.4 is 3.71 Å². The fourth-order valence-electron chi connectivity index (χ4n) is 3.34. The van der Waals surface area contributed by atoms with Gasteiger partial charge in [-0.15, -0.1) is 0 Å². The van der Waals surface area contributed by atoms with Crippen LogP contribution in [0.2, 0.25) is 3.43 Å². The number of hydrogen-bond donors (Lipinski definition) is 0. The van der Waals surface area contributed by atoms with Crippen molar-refractivity contribution < 1.29 is 0 Å². The number of hydrogen-bond acceptors (Lipinski definition) is 3. The van der Waals surface area contributed by atoms with Gasteiger partial charge in [0.05, 0.1) is 0 Å². The molecule has 2 aromatic heterocycles. The van der Waals surface area contributed by atoms with Crippen LogP contribution in [-0.4, -0.2) is 30.5 Å². The molecule has 0 aromatic carbocycles. The first-order valence-corrected chi connectivity index (χ1v) is 13.1. The van der Waals surface area contributed by atoms with E-state index in [1.165, 1.54) is 61.5 Å². The Morgan fingerprint density at radius 3 is 2.21 bits per heavy atom. The summed E-state index contributed by atoms with van der Waals surface area (Å²) in [7, 11) is 0. The zero-order valence-electron chi connectivity index (χ0n) is 15.3. The molecule has 2 radical (unpaired) electrons. The molecule has 2 heterocycles. The topological polar surface area (TPSA) is 41.1 Å². The summed E-state index contributed by atoms with van der Waals surface area (Å²) in [5.41, 5.74) is 0.590. The minimum absolute atomic E-state index is 0.580. The van der Waals surface area contributed by atoms with Crippen molar-refractivity contribution in [2.75, 3.05) is 0 Å². The van der Waals surface area contributed by atoms with Gasteiger partial charge in [0.25, 0.3) is 0 Å². The Kier molecular flexibility index (Phi) is 8.09. The molecule has 2 aromatic rings. The van der Waals surface area contributed by atoms with E-state index in [0.29, 0.717) is 9.12 Å². The van der Waals surface area contributed by atoms with Crippen molar-refractivity contribution in [1.29, 1.82) is 5.26 Å². The van der Waals surface area contributed by atoms with Gasteiger partial charge in [-0.05, 0) is 0 Å². The molecule has 0 aliphatic rings. The van der Waals surface area contributed by atoms with Gasteiger partial charge in [-0.25, -0.2) is 0 Å². The molecular weight excluding hydrogens is 421 g/mol. The molecule has 0 amide bonds. The van der Waals surface area contributed by atoms with Crippen molar-refractivity contribution in [3.63, 3.8) is 0 Å². The van der Waals surface area contributed by atoms with Gasteiger partial charge < -0.3 is 0 Å². The molecule has 5 heteroatoms. The number of imidazole rings is 1. The Labute approximate surface area is 160 Å².